The van der Waals surface area contributed by atoms with E-state index in [-0.39, 0.29) is 23.8 Å². The van der Waals surface area contributed by atoms with Crippen molar-refractivity contribution in [1.82, 2.24) is 14.7 Å². The molecule has 0 atom stereocenters. The monoisotopic (exact) mass is 384 g/mol. The van der Waals surface area contributed by atoms with Crippen molar-refractivity contribution in [3.8, 4) is 11.4 Å². The minimum Gasteiger partial charge on any atom is -0.477 e. The first-order valence-electron chi connectivity index (χ1n) is 7.92. The normalized spacial score (nSPS) is 11.1. The van der Waals surface area contributed by atoms with Gasteiger partial charge in [-0.1, -0.05) is 60.7 Å². The average molecular weight is 384 g/mol. The fourth-order valence-corrected chi connectivity index (χ4v) is 3.12. The molecule has 3 rings (SSSR count). The first-order valence-corrected chi connectivity index (χ1v) is 9.40. The molecule has 0 spiro atoms. The molecule has 0 amide bonds. The number of aromatic nitrogens is 2. The fraction of sp³-hybridized carbons (Fsp3) is 0.0556. The number of carbonyl (C=O) groups is 1. The topological polar surface area (TPSA) is 121 Å². The highest BCUT2D eigenvalue weighted by molar-refractivity contribution is 7.90. The molecule has 2 aromatic carbocycles. The van der Waals surface area contributed by atoms with Crippen molar-refractivity contribution >= 4 is 22.0 Å². The molecule has 27 heavy (non-hydrogen) atoms. The number of benzene rings is 2. The third-order valence-corrected chi connectivity index (χ3v) is 4.58. The quantitative estimate of drug-likeness (QED) is 0.575. The van der Waals surface area contributed by atoms with Crippen LogP contribution in [0.15, 0.2) is 66.9 Å². The molecule has 0 unspecified atom stereocenters. The number of nitrogens with one attached hydrogen (secondary N) is 2. The Bertz CT molecular complexity index is 1040. The van der Waals surface area contributed by atoms with Crippen LogP contribution in [0.5, 0.6) is 0 Å². The SMILES string of the molecule is O=C(O)c1cnc(-c2ccccc2)nc1NS(=O)(=O)NCc1ccccc1. The molecule has 3 aromatic rings. The van der Waals surface area contributed by atoms with E-state index in [9.17, 15) is 18.3 Å². The van der Waals surface area contributed by atoms with Crippen molar-refractivity contribution in [2.45, 2.75) is 6.54 Å². The van der Waals surface area contributed by atoms with Gasteiger partial charge in [0.1, 0.15) is 5.56 Å². The number of rotatable bonds is 7. The smallest absolute Gasteiger partial charge is 0.341 e. The van der Waals surface area contributed by atoms with Crippen LogP contribution in [-0.2, 0) is 16.8 Å². The van der Waals surface area contributed by atoms with Crippen LogP contribution >= 0.6 is 0 Å². The van der Waals surface area contributed by atoms with E-state index >= 15 is 0 Å². The molecule has 0 bridgehead atoms. The van der Waals surface area contributed by atoms with Crippen LogP contribution in [0, 0.1) is 0 Å². The molecule has 138 valence electrons. The van der Waals surface area contributed by atoms with Gasteiger partial charge < -0.3 is 5.11 Å². The number of carboxylic acids is 1. The third-order valence-electron chi connectivity index (χ3n) is 3.59. The van der Waals surface area contributed by atoms with E-state index in [1.54, 1.807) is 48.5 Å². The lowest BCUT2D eigenvalue weighted by atomic mass is 10.2. The standard InChI is InChI=1S/C18H16N4O4S/c23-18(24)15-12-19-16(14-9-5-2-6-10-14)21-17(15)22-27(25,26)20-11-13-7-3-1-4-8-13/h1-10,12,20H,11H2,(H,23,24)(H,19,21,22). The fourth-order valence-electron chi connectivity index (χ4n) is 2.28. The van der Waals surface area contributed by atoms with Crippen LogP contribution < -0.4 is 9.44 Å². The van der Waals surface area contributed by atoms with E-state index in [0.29, 0.717) is 5.56 Å². The molecule has 9 heteroatoms. The number of nitrogens with zero attached hydrogens (tertiary/aromatic N) is 2. The minimum atomic E-state index is -4.04. The highest BCUT2D eigenvalue weighted by Crippen LogP contribution is 2.20. The highest BCUT2D eigenvalue weighted by atomic mass is 32.2. The van der Waals surface area contributed by atoms with Gasteiger partial charge in [0.15, 0.2) is 11.6 Å². The summed E-state index contributed by atoms with van der Waals surface area (Å²) in [6.07, 6.45) is 1.08. The minimum absolute atomic E-state index is 0.0508. The molecule has 0 aliphatic carbocycles. The third kappa shape index (κ3) is 4.87. The molecule has 0 fully saturated rings. The van der Waals surface area contributed by atoms with Crippen LogP contribution in [0.25, 0.3) is 11.4 Å². The summed E-state index contributed by atoms with van der Waals surface area (Å²) in [4.78, 5) is 19.5. The van der Waals surface area contributed by atoms with Crippen LogP contribution in [-0.4, -0.2) is 29.5 Å². The van der Waals surface area contributed by atoms with Gasteiger partial charge in [-0.2, -0.15) is 13.1 Å². The Balaban J connectivity index is 1.86. The maximum Gasteiger partial charge on any atom is 0.341 e. The van der Waals surface area contributed by atoms with Crippen LogP contribution in [0.2, 0.25) is 0 Å². The first-order chi connectivity index (χ1) is 12.9. The van der Waals surface area contributed by atoms with E-state index in [1.165, 1.54) is 0 Å². The Morgan fingerprint density at radius 2 is 1.63 bits per heavy atom. The van der Waals surface area contributed by atoms with Gasteiger partial charge in [-0.3, -0.25) is 4.72 Å². The summed E-state index contributed by atoms with van der Waals surface area (Å²) in [6.45, 7) is 0.0508. The van der Waals surface area contributed by atoms with E-state index in [1.807, 2.05) is 12.1 Å². The van der Waals surface area contributed by atoms with E-state index < -0.39 is 16.2 Å². The Kier molecular flexibility index (Phi) is 5.43. The van der Waals surface area contributed by atoms with Gasteiger partial charge in [-0.15, -0.1) is 0 Å². The average Bonchev–Trinajstić information content (AvgIpc) is 2.67. The van der Waals surface area contributed by atoms with Crippen LogP contribution in [0.3, 0.4) is 0 Å². The predicted octanol–water partition coefficient (Wildman–Crippen LogP) is 2.29. The molecule has 3 N–H and O–H groups in total. The summed E-state index contributed by atoms with van der Waals surface area (Å²) < 4.78 is 29.2. The summed E-state index contributed by atoms with van der Waals surface area (Å²) in [5, 5.41) is 9.30. The number of anilines is 1. The second kappa shape index (κ2) is 7.94. The van der Waals surface area contributed by atoms with Gasteiger partial charge in [-0.05, 0) is 5.56 Å². The van der Waals surface area contributed by atoms with Gasteiger partial charge >= 0.3 is 16.2 Å². The van der Waals surface area contributed by atoms with Crippen molar-refractivity contribution in [1.29, 1.82) is 0 Å². The van der Waals surface area contributed by atoms with E-state index in [4.69, 9.17) is 0 Å². The van der Waals surface area contributed by atoms with Gasteiger partial charge in [0, 0.05) is 18.3 Å². The van der Waals surface area contributed by atoms with Gasteiger partial charge in [0.2, 0.25) is 0 Å². The maximum absolute atomic E-state index is 12.3. The number of hydrogen-bond donors (Lipinski definition) is 3. The van der Waals surface area contributed by atoms with Crippen LogP contribution in [0.4, 0.5) is 5.82 Å². The Labute approximate surface area is 156 Å². The zero-order chi connectivity index (χ0) is 19.3. The van der Waals surface area contributed by atoms with Crippen molar-refractivity contribution in [2.75, 3.05) is 4.72 Å². The zero-order valence-electron chi connectivity index (χ0n) is 14.0. The van der Waals surface area contributed by atoms with Gasteiger partial charge in [0.25, 0.3) is 0 Å². The summed E-state index contributed by atoms with van der Waals surface area (Å²) in [5.41, 5.74) is 1.04. The van der Waals surface area contributed by atoms with Crippen molar-refractivity contribution in [3.63, 3.8) is 0 Å². The largest absolute Gasteiger partial charge is 0.477 e. The lowest BCUT2D eigenvalue weighted by Gasteiger charge is -2.12. The molecule has 0 saturated heterocycles. The zero-order valence-corrected chi connectivity index (χ0v) is 14.8. The summed E-state index contributed by atoms with van der Waals surface area (Å²) in [6, 6.07) is 17.8. The molecule has 0 saturated carbocycles. The lowest BCUT2D eigenvalue weighted by Crippen LogP contribution is -2.31. The molecule has 0 aliphatic rings. The second-order valence-electron chi connectivity index (χ2n) is 5.54. The van der Waals surface area contributed by atoms with Gasteiger partial charge in [0.05, 0.1) is 0 Å². The second-order valence-corrected chi connectivity index (χ2v) is 7.04. The summed E-state index contributed by atoms with van der Waals surface area (Å²) in [5.74, 6) is -1.44. The van der Waals surface area contributed by atoms with Crippen molar-refractivity contribution in [3.05, 3.63) is 78.0 Å². The Morgan fingerprint density at radius 3 is 2.26 bits per heavy atom. The number of aromatic carboxylic acids is 1. The van der Waals surface area contributed by atoms with Crippen molar-refractivity contribution in [2.24, 2.45) is 0 Å². The maximum atomic E-state index is 12.3. The first kappa shape index (κ1) is 18.5. The number of hydrogen-bond acceptors (Lipinski definition) is 5. The molecule has 1 aromatic heterocycles. The number of carboxylic acid groups (broad SMARTS) is 1. The Hall–Kier alpha value is -3.30. The summed E-state index contributed by atoms with van der Waals surface area (Å²) >= 11 is 0. The molecule has 0 radical (unpaired) electrons. The molecule has 8 nitrogen and oxygen atoms in total. The summed E-state index contributed by atoms with van der Waals surface area (Å²) in [7, 11) is -4.04. The molecular weight excluding hydrogens is 368 g/mol. The van der Waals surface area contributed by atoms with Crippen LogP contribution in [0.1, 0.15) is 15.9 Å². The van der Waals surface area contributed by atoms with E-state index in [2.05, 4.69) is 19.4 Å². The highest BCUT2D eigenvalue weighted by Gasteiger charge is 2.19. The van der Waals surface area contributed by atoms with E-state index in [0.717, 1.165) is 11.8 Å². The molecular formula is C18H16N4O4S. The van der Waals surface area contributed by atoms with Crippen molar-refractivity contribution < 1.29 is 18.3 Å². The van der Waals surface area contributed by atoms with Gasteiger partial charge in [-0.25, -0.2) is 14.8 Å². The molecule has 0 aliphatic heterocycles. The predicted molar refractivity (Wildman–Crippen MR) is 100 cm³/mol. The lowest BCUT2D eigenvalue weighted by molar-refractivity contribution is 0.0697. The Morgan fingerprint density at radius 1 is 1.00 bits per heavy atom. The molecule has 1 heterocycles.